The number of fused-ring (bicyclic) bond motifs is 5. The topological polar surface area (TPSA) is 88.8 Å². The van der Waals surface area contributed by atoms with Crippen LogP contribution in [-0.2, 0) is 17.8 Å². The van der Waals surface area contributed by atoms with E-state index in [-0.39, 0.29) is 29.5 Å². The molecule has 4 fully saturated rings. The van der Waals surface area contributed by atoms with Gasteiger partial charge in [0.05, 0.1) is 41.3 Å². The number of aromatic nitrogens is 2. The first-order valence-corrected chi connectivity index (χ1v) is 16.7. The molecule has 5 aliphatic rings. The van der Waals surface area contributed by atoms with Crippen molar-refractivity contribution in [2.45, 2.75) is 56.7 Å². The molecule has 9 nitrogen and oxygen atoms in total. The van der Waals surface area contributed by atoms with Crippen LogP contribution in [0.25, 0.3) is 10.8 Å². The number of hydrogen-bond acceptors (Lipinski definition) is 8. The Labute approximate surface area is 278 Å². The van der Waals surface area contributed by atoms with Crippen LogP contribution in [0.5, 0.6) is 6.01 Å². The van der Waals surface area contributed by atoms with E-state index < -0.39 is 23.6 Å². The minimum absolute atomic E-state index is 0.0498. The number of benzene rings is 2. The van der Waals surface area contributed by atoms with Crippen molar-refractivity contribution in [3.8, 4) is 12.1 Å². The van der Waals surface area contributed by atoms with Crippen molar-refractivity contribution in [3.63, 3.8) is 0 Å². The summed E-state index contributed by atoms with van der Waals surface area (Å²) in [7, 11) is 2.17. The number of nitrogens with zero attached hydrogens (tertiary/aromatic N) is 7. The Morgan fingerprint density at radius 2 is 1.96 bits per heavy atom. The van der Waals surface area contributed by atoms with Crippen LogP contribution in [-0.4, -0.2) is 83.6 Å². The quantitative estimate of drug-likeness (QED) is 0.300. The average molecular weight is 662 g/mol. The zero-order valence-corrected chi connectivity index (χ0v) is 27.3. The molecule has 4 aliphatic heterocycles. The first-order chi connectivity index (χ1) is 22.7. The number of ether oxygens (including phenoxy) is 1. The van der Waals surface area contributed by atoms with E-state index in [0.29, 0.717) is 50.4 Å². The van der Waals surface area contributed by atoms with Crippen molar-refractivity contribution in [1.82, 2.24) is 19.8 Å². The van der Waals surface area contributed by atoms with Gasteiger partial charge in [-0.3, -0.25) is 9.69 Å². The van der Waals surface area contributed by atoms with Gasteiger partial charge in [-0.15, -0.1) is 0 Å². The largest absolute Gasteiger partial charge is 0.461 e. The third-order valence-corrected chi connectivity index (χ3v) is 11.1. The van der Waals surface area contributed by atoms with Crippen molar-refractivity contribution >= 4 is 39.8 Å². The molecule has 12 heteroatoms. The number of anilines is 2. The molecule has 1 aliphatic carbocycles. The van der Waals surface area contributed by atoms with Gasteiger partial charge in [-0.25, -0.2) is 8.78 Å². The fraction of sp³-hybridized carbons (Fsp3) is 0.486. The molecule has 2 aromatic carbocycles. The number of likely N-dealkylation sites (N-methyl/N-ethyl adjacent to an activating group) is 1. The van der Waals surface area contributed by atoms with Crippen LogP contribution in [0.15, 0.2) is 42.7 Å². The number of rotatable bonds is 7. The van der Waals surface area contributed by atoms with E-state index in [4.69, 9.17) is 26.3 Å². The Morgan fingerprint density at radius 1 is 1.15 bits per heavy atom. The molecule has 1 atom stereocenters. The molecule has 0 unspecified atom stereocenters. The lowest BCUT2D eigenvalue weighted by atomic mass is 9.71. The van der Waals surface area contributed by atoms with Crippen LogP contribution in [0, 0.1) is 23.1 Å². The molecule has 1 saturated carbocycles. The summed E-state index contributed by atoms with van der Waals surface area (Å²) in [5, 5.41) is 11.2. The highest BCUT2D eigenvalue weighted by Gasteiger charge is 2.45. The van der Waals surface area contributed by atoms with Crippen molar-refractivity contribution in [3.05, 3.63) is 64.8 Å². The molecule has 1 amide bonds. The Bertz CT molecular complexity index is 1770. The van der Waals surface area contributed by atoms with Gasteiger partial charge in [0.2, 0.25) is 0 Å². The van der Waals surface area contributed by atoms with E-state index in [9.17, 15) is 18.8 Å². The minimum Gasteiger partial charge on any atom is -0.461 e. The fourth-order valence-electron chi connectivity index (χ4n) is 8.04. The molecule has 0 N–H and O–H groups in total. The van der Waals surface area contributed by atoms with Crippen molar-refractivity contribution in [1.29, 1.82) is 5.26 Å². The maximum Gasteiger partial charge on any atom is 0.318 e. The second-order valence-electron chi connectivity index (χ2n) is 13.4. The zero-order valence-electron chi connectivity index (χ0n) is 26.5. The minimum atomic E-state index is -1.04. The van der Waals surface area contributed by atoms with Crippen molar-refractivity contribution in [2.24, 2.45) is 5.92 Å². The molecular formula is C35H38ClF2N7O2. The van der Waals surface area contributed by atoms with E-state index >= 15 is 0 Å². The smallest absolute Gasteiger partial charge is 0.318 e. The van der Waals surface area contributed by atoms with Gasteiger partial charge >= 0.3 is 6.01 Å². The molecule has 3 saturated heterocycles. The first kappa shape index (κ1) is 31.6. The average Bonchev–Trinajstić information content (AvgIpc) is 3.08. The summed E-state index contributed by atoms with van der Waals surface area (Å²) in [6.07, 6.45) is 5.19. The Morgan fingerprint density at radius 3 is 2.70 bits per heavy atom. The molecule has 2 bridgehead atoms. The van der Waals surface area contributed by atoms with E-state index in [1.807, 2.05) is 18.2 Å². The summed E-state index contributed by atoms with van der Waals surface area (Å²) < 4.78 is 35.0. The lowest BCUT2D eigenvalue weighted by Crippen LogP contribution is -2.59. The number of piperidine rings is 2. The highest BCUT2D eigenvalue weighted by molar-refractivity contribution is 6.36. The number of halogens is 3. The summed E-state index contributed by atoms with van der Waals surface area (Å²) in [5.41, 5.74) is 2.53. The van der Waals surface area contributed by atoms with Gasteiger partial charge in [0.15, 0.2) is 5.83 Å². The number of nitriles is 1. The number of piperazine rings is 1. The molecule has 0 radical (unpaired) electrons. The summed E-state index contributed by atoms with van der Waals surface area (Å²) in [6.45, 7) is 6.72. The normalized spacial score (nSPS) is 24.3. The van der Waals surface area contributed by atoms with Gasteiger partial charge in [-0.1, -0.05) is 36.4 Å². The van der Waals surface area contributed by atoms with Crippen LogP contribution in [0.2, 0.25) is 5.02 Å². The van der Waals surface area contributed by atoms with Crippen LogP contribution in [0.3, 0.4) is 0 Å². The number of carbonyl (C=O) groups excluding carboxylic acids is 1. The molecular weight excluding hydrogens is 624 g/mol. The molecule has 3 aromatic rings. The van der Waals surface area contributed by atoms with Gasteiger partial charge in [-0.2, -0.15) is 15.2 Å². The highest BCUT2D eigenvalue weighted by atomic mass is 35.5. The van der Waals surface area contributed by atoms with Crippen LogP contribution in [0.4, 0.5) is 20.3 Å². The highest BCUT2D eigenvalue weighted by Crippen LogP contribution is 2.43. The van der Waals surface area contributed by atoms with Gasteiger partial charge in [0.1, 0.15) is 18.2 Å². The van der Waals surface area contributed by atoms with E-state index in [1.165, 1.54) is 23.8 Å². The van der Waals surface area contributed by atoms with Gasteiger partial charge in [-0.05, 0) is 62.6 Å². The monoisotopic (exact) mass is 661 g/mol. The number of carbonyl (C=O) groups is 1. The molecule has 0 spiro atoms. The van der Waals surface area contributed by atoms with E-state index in [2.05, 4.69) is 34.4 Å². The molecule has 47 heavy (non-hydrogen) atoms. The summed E-state index contributed by atoms with van der Waals surface area (Å²) in [6, 6.07) is 10.8. The van der Waals surface area contributed by atoms with E-state index in [0.717, 1.165) is 47.6 Å². The Balaban J connectivity index is 1.24. The molecule has 246 valence electrons. The van der Waals surface area contributed by atoms with Gasteiger partial charge in [0.25, 0.3) is 5.91 Å². The zero-order chi connectivity index (χ0) is 32.9. The number of amides is 1. The van der Waals surface area contributed by atoms with E-state index in [1.54, 1.807) is 6.07 Å². The Kier molecular flexibility index (Phi) is 8.43. The third-order valence-electron chi connectivity index (χ3n) is 10.7. The van der Waals surface area contributed by atoms with Crippen LogP contribution in [0.1, 0.15) is 43.4 Å². The second kappa shape index (κ2) is 12.5. The van der Waals surface area contributed by atoms with Gasteiger partial charge in [0, 0.05) is 49.4 Å². The summed E-state index contributed by atoms with van der Waals surface area (Å²) in [4.78, 5) is 30.6. The Hall–Kier alpha value is -4.01. The van der Waals surface area contributed by atoms with Gasteiger partial charge < -0.3 is 19.4 Å². The SMILES string of the molecule is C=C(F)C(=O)N1CCN(c2nc(OCC34CCC(CC3)CN4C)nc3c2CCN(c2cccc4ccc(F)c(Cl)c24)C3)C[C@@H]1CC#N. The summed E-state index contributed by atoms with van der Waals surface area (Å²) >= 11 is 6.51. The maximum absolute atomic E-state index is 14.6. The lowest BCUT2D eigenvalue weighted by molar-refractivity contribution is -0.131. The number of hydrogen-bond donors (Lipinski definition) is 0. The summed E-state index contributed by atoms with van der Waals surface area (Å²) in [5.74, 6) is -0.835. The van der Waals surface area contributed by atoms with Crippen LogP contribution >= 0.6 is 11.6 Å². The van der Waals surface area contributed by atoms with Crippen molar-refractivity contribution in [2.75, 3.05) is 56.2 Å². The predicted octanol–water partition coefficient (Wildman–Crippen LogP) is 5.65. The second-order valence-corrected chi connectivity index (χ2v) is 13.7. The molecule has 5 heterocycles. The molecule has 8 rings (SSSR count). The first-order valence-electron chi connectivity index (χ1n) is 16.3. The lowest BCUT2D eigenvalue weighted by Gasteiger charge is -2.52. The molecule has 1 aromatic heterocycles. The third kappa shape index (κ3) is 5.76. The standard InChI is InChI=1S/C35H38ClF2N7O2/c1-22(37)33(46)45-17-16-44(19-25(45)10-14-39)32-26-11-15-43(29-5-3-4-24-6-7-27(38)31(36)30(24)29)20-28(26)40-34(41-32)47-21-35-12-8-23(9-13-35)18-42(35)2/h3-7,23,25H,1,8-13,15-21H2,2H3/t23?,25-,35?/m0/s1. The fourth-order valence-corrected chi connectivity index (χ4v) is 8.31. The van der Waals surface area contributed by atoms with Crippen molar-refractivity contribution < 1.29 is 18.3 Å². The van der Waals surface area contributed by atoms with Crippen LogP contribution < -0.4 is 14.5 Å². The maximum atomic E-state index is 14.6. The predicted molar refractivity (Wildman–Crippen MR) is 177 cm³/mol.